The maximum atomic E-state index is 12.4. The molecule has 2 amide bonds. The quantitative estimate of drug-likeness (QED) is 0.853. The fourth-order valence-electron chi connectivity index (χ4n) is 4.35. The third-order valence-corrected chi connectivity index (χ3v) is 6.16. The van der Waals surface area contributed by atoms with Gasteiger partial charge >= 0.3 is 5.97 Å². The van der Waals surface area contributed by atoms with Crippen LogP contribution in [0.5, 0.6) is 5.75 Å². The first-order chi connectivity index (χ1) is 13.0. The molecule has 1 spiro atoms. The Morgan fingerprint density at radius 2 is 2.00 bits per heavy atom. The third-order valence-electron chi connectivity index (χ3n) is 6.16. The number of benzene rings is 1. The molecular formula is C20H24N2O5. The van der Waals surface area contributed by atoms with Crippen LogP contribution in [0.3, 0.4) is 0 Å². The van der Waals surface area contributed by atoms with Gasteiger partial charge in [0.15, 0.2) is 6.61 Å². The summed E-state index contributed by atoms with van der Waals surface area (Å²) in [5.41, 5.74) is 0.718. The van der Waals surface area contributed by atoms with E-state index in [2.05, 4.69) is 0 Å². The van der Waals surface area contributed by atoms with Crippen LogP contribution < -0.4 is 9.64 Å². The van der Waals surface area contributed by atoms with Crippen LogP contribution in [0.25, 0.3) is 0 Å². The Hall–Kier alpha value is -2.57. The van der Waals surface area contributed by atoms with Crippen molar-refractivity contribution in [3.05, 3.63) is 24.3 Å². The minimum atomic E-state index is -0.713. The molecular weight excluding hydrogens is 348 g/mol. The highest BCUT2D eigenvalue weighted by Gasteiger charge is 2.59. The molecule has 1 aliphatic carbocycles. The van der Waals surface area contributed by atoms with Crippen molar-refractivity contribution in [2.24, 2.45) is 11.3 Å². The van der Waals surface area contributed by atoms with Gasteiger partial charge in [-0.25, -0.2) is 0 Å². The molecule has 2 aliphatic heterocycles. The highest BCUT2D eigenvalue weighted by atomic mass is 16.5. The summed E-state index contributed by atoms with van der Waals surface area (Å²) >= 11 is 0. The van der Waals surface area contributed by atoms with Gasteiger partial charge in [-0.3, -0.25) is 14.4 Å². The van der Waals surface area contributed by atoms with E-state index in [1.54, 1.807) is 21.9 Å². The molecule has 3 fully saturated rings. The number of rotatable bonds is 5. The van der Waals surface area contributed by atoms with Crippen molar-refractivity contribution in [1.29, 1.82) is 0 Å². The molecule has 1 atom stereocenters. The standard InChI is InChI=1S/C20H24N2O5/c23-17-5-2-8-22(17)14-3-1-4-15(11-14)27-13-18(24)21-9-6-20(7-10-21)12-16(20)19(25)26/h1,3-4,11,16H,2,5-10,12-13H2,(H,25,26). The van der Waals surface area contributed by atoms with E-state index in [1.807, 2.05) is 12.1 Å². The van der Waals surface area contributed by atoms with Crippen LogP contribution in [0.2, 0.25) is 0 Å². The summed E-state index contributed by atoms with van der Waals surface area (Å²) < 4.78 is 5.66. The van der Waals surface area contributed by atoms with Gasteiger partial charge in [-0.2, -0.15) is 0 Å². The number of ether oxygens (including phenoxy) is 1. The summed E-state index contributed by atoms with van der Waals surface area (Å²) in [4.78, 5) is 38.9. The second kappa shape index (κ2) is 6.87. The van der Waals surface area contributed by atoms with E-state index in [0.717, 1.165) is 31.4 Å². The molecule has 1 saturated carbocycles. The number of amides is 2. The highest BCUT2D eigenvalue weighted by molar-refractivity contribution is 5.95. The van der Waals surface area contributed by atoms with Gasteiger partial charge in [0.05, 0.1) is 5.92 Å². The maximum absolute atomic E-state index is 12.4. The van der Waals surface area contributed by atoms with Gasteiger partial charge in [0.25, 0.3) is 5.91 Å². The molecule has 2 saturated heterocycles. The maximum Gasteiger partial charge on any atom is 0.307 e. The fourth-order valence-corrected chi connectivity index (χ4v) is 4.35. The Morgan fingerprint density at radius 3 is 2.63 bits per heavy atom. The monoisotopic (exact) mass is 372 g/mol. The molecule has 2 heterocycles. The molecule has 7 nitrogen and oxygen atoms in total. The van der Waals surface area contributed by atoms with E-state index in [0.29, 0.717) is 31.8 Å². The van der Waals surface area contributed by atoms with Crippen LogP contribution >= 0.6 is 0 Å². The number of likely N-dealkylation sites (tertiary alicyclic amines) is 1. The molecule has 3 aliphatic rings. The summed E-state index contributed by atoms with van der Waals surface area (Å²) in [5.74, 6) is -0.344. The first kappa shape index (κ1) is 17.8. The van der Waals surface area contributed by atoms with Crippen molar-refractivity contribution in [3.63, 3.8) is 0 Å². The fraction of sp³-hybridized carbons (Fsp3) is 0.550. The molecule has 0 bridgehead atoms. The summed E-state index contributed by atoms with van der Waals surface area (Å²) in [5, 5.41) is 9.15. The summed E-state index contributed by atoms with van der Waals surface area (Å²) in [6.07, 6.45) is 3.68. The van der Waals surface area contributed by atoms with Crippen molar-refractivity contribution >= 4 is 23.5 Å². The zero-order valence-electron chi connectivity index (χ0n) is 15.2. The number of carbonyl (C=O) groups is 3. The average Bonchev–Trinajstić information content (AvgIpc) is 3.20. The number of piperidine rings is 1. The van der Waals surface area contributed by atoms with E-state index in [-0.39, 0.29) is 29.8 Å². The predicted molar refractivity (Wildman–Crippen MR) is 97.5 cm³/mol. The molecule has 0 aromatic heterocycles. The van der Waals surface area contributed by atoms with Gasteiger partial charge in [0, 0.05) is 37.8 Å². The Bertz CT molecular complexity index is 769. The number of aliphatic carboxylic acids is 1. The highest BCUT2D eigenvalue weighted by Crippen LogP contribution is 2.59. The Kier molecular flexibility index (Phi) is 4.53. The number of carbonyl (C=O) groups excluding carboxylic acids is 2. The lowest BCUT2D eigenvalue weighted by atomic mass is 9.91. The Labute approximate surface area is 157 Å². The number of anilines is 1. The lowest BCUT2D eigenvalue weighted by Gasteiger charge is -2.32. The van der Waals surface area contributed by atoms with Crippen molar-refractivity contribution in [2.75, 3.05) is 31.1 Å². The van der Waals surface area contributed by atoms with E-state index in [9.17, 15) is 14.4 Å². The number of carboxylic acids is 1. The van der Waals surface area contributed by atoms with Crippen LogP contribution in [-0.4, -0.2) is 54.0 Å². The van der Waals surface area contributed by atoms with Crippen molar-refractivity contribution < 1.29 is 24.2 Å². The first-order valence-electron chi connectivity index (χ1n) is 9.52. The van der Waals surface area contributed by atoms with Gasteiger partial charge < -0.3 is 19.6 Å². The molecule has 1 N–H and O–H groups in total. The Morgan fingerprint density at radius 1 is 1.22 bits per heavy atom. The summed E-state index contributed by atoms with van der Waals surface area (Å²) in [6.45, 7) is 1.85. The van der Waals surface area contributed by atoms with E-state index in [4.69, 9.17) is 9.84 Å². The van der Waals surface area contributed by atoms with Gasteiger partial charge in [-0.1, -0.05) is 6.07 Å². The molecule has 1 aromatic carbocycles. The number of hydrogen-bond donors (Lipinski definition) is 1. The van der Waals surface area contributed by atoms with Gasteiger partial charge in [0.2, 0.25) is 5.91 Å². The predicted octanol–water partition coefficient (Wildman–Crippen LogP) is 1.91. The minimum absolute atomic E-state index is 0.0489. The molecule has 27 heavy (non-hydrogen) atoms. The number of nitrogens with zero attached hydrogens (tertiary/aromatic N) is 2. The van der Waals surface area contributed by atoms with Crippen LogP contribution in [-0.2, 0) is 14.4 Å². The zero-order valence-corrected chi connectivity index (χ0v) is 15.2. The van der Waals surface area contributed by atoms with E-state index >= 15 is 0 Å². The molecule has 4 rings (SSSR count). The van der Waals surface area contributed by atoms with Crippen LogP contribution in [0, 0.1) is 11.3 Å². The smallest absolute Gasteiger partial charge is 0.307 e. The second-order valence-electron chi connectivity index (χ2n) is 7.77. The van der Waals surface area contributed by atoms with Crippen molar-refractivity contribution in [2.45, 2.75) is 32.1 Å². The Balaban J connectivity index is 1.29. The largest absolute Gasteiger partial charge is 0.484 e. The number of hydrogen-bond acceptors (Lipinski definition) is 4. The van der Waals surface area contributed by atoms with Gasteiger partial charge in [-0.15, -0.1) is 0 Å². The van der Waals surface area contributed by atoms with E-state index < -0.39 is 5.97 Å². The second-order valence-corrected chi connectivity index (χ2v) is 7.77. The van der Waals surface area contributed by atoms with Gasteiger partial charge in [0.1, 0.15) is 5.75 Å². The van der Waals surface area contributed by atoms with Crippen LogP contribution in [0.15, 0.2) is 24.3 Å². The van der Waals surface area contributed by atoms with Crippen LogP contribution in [0.4, 0.5) is 5.69 Å². The third kappa shape index (κ3) is 3.50. The molecule has 0 radical (unpaired) electrons. The molecule has 1 aromatic rings. The summed E-state index contributed by atoms with van der Waals surface area (Å²) in [6, 6.07) is 7.27. The lowest BCUT2D eigenvalue weighted by molar-refractivity contribution is -0.140. The lowest BCUT2D eigenvalue weighted by Crippen LogP contribution is -2.42. The summed E-state index contributed by atoms with van der Waals surface area (Å²) in [7, 11) is 0. The van der Waals surface area contributed by atoms with E-state index in [1.165, 1.54) is 0 Å². The molecule has 7 heteroatoms. The van der Waals surface area contributed by atoms with Gasteiger partial charge in [-0.05, 0) is 43.2 Å². The SMILES string of the molecule is O=C(O)C1CC12CCN(C(=O)COc1cccc(N3CCCC3=O)c1)CC2. The van der Waals surface area contributed by atoms with Crippen LogP contribution in [0.1, 0.15) is 32.1 Å². The average molecular weight is 372 g/mol. The number of carboxylic acid groups (broad SMARTS) is 1. The van der Waals surface area contributed by atoms with Crippen molar-refractivity contribution in [3.8, 4) is 5.75 Å². The van der Waals surface area contributed by atoms with Crippen molar-refractivity contribution in [1.82, 2.24) is 4.90 Å². The minimum Gasteiger partial charge on any atom is -0.484 e. The molecule has 144 valence electrons. The normalized spacial score (nSPS) is 23.6. The topological polar surface area (TPSA) is 87.2 Å². The molecule has 1 unspecified atom stereocenters. The first-order valence-corrected chi connectivity index (χ1v) is 9.52. The zero-order chi connectivity index (χ0) is 19.0.